The van der Waals surface area contributed by atoms with E-state index in [0.717, 1.165) is 17.5 Å². The second kappa shape index (κ2) is 12.5. The number of aliphatic hydroxyl groups is 1. The molecular weight excluding hydrogens is 478 g/mol. The Bertz CT molecular complexity index is 1180. The smallest absolute Gasteiger partial charge is 0.251 e. The molecule has 0 radical (unpaired) electrons. The molecule has 0 unspecified atom stereocenters. The molecule has 8 heteroatoms. The number of hydrogen-bond acceptors (Lipinski definition) is 5. The molecule has 0 heterocycles. The third-order valence-electron chi connectivity index (χ3n) is 5.84. The Hall–Kier alpha value is -3.39. The van der Waals surface area contributed by atoms with Gasteiger partial charge in [-0.15, -0.1) is 0 Å². The highest BCUT2D eigenvalue weighted by Crippen LogP contribution is 2.27. The number of benzene rings is 3. The van der Waals surface area contributed by atoms with Crippen LogP contribution < -0.4 is 16.0 Å². The monoisotopic (exact) mass is 509 g/mol. The summed E-state index contributed by atoms with van der Waals surface area (Å²) in [4.78, 5) is 23.4. The van der Waals surface area contributed by atoms with Crippen LogP contribution in [0.1, 0.15) is 47.0 Å². The molecule has 0 aliphatic rings. The largest absolute Gasteiger partial charge is 0.506 e. The zero-order valence-corrected chi connectivity index (χ0v) is 21.2. The van der Waals surface area contributed by atoms with Gasteiger partial charge in [0.15, 0.2) is 0 Å². The summed E-state index contributed by atoms with van der Waals surface area (Å²) in [5, 5.41) is 29.8. The number of hydrogen-bond donors (Lipinski definition) is 5. The Morgan fingerprint density at radius 1 is 1.06 bits per heavy atom. The summed E-state index contributed by atoms with van der Waals surface area (Å²) < 4.78 is 0. The van der Waals surface area contributed by atoms with Crippen LogP contribution in [0.3, 0.4) is 0 Å². The molecule has 0 saturated heterocycles. The van der Waals surface area contributed by atoms with Gasteiger partial charge in [-0.2, -0.15) is 0 Å². The molecule has 3 rings (SSSR count). The van der Waals surface area contributed by atoms with Crippen molar-refractivity contribution in [2.75, 3.05) is 18.4 Å². The minimum absolute atomic E-state index is 0.0692. The van der Waals surface area contributed by atoms with Gasteiger partial charge >= 0.3 is 0 Å². The Balaban J connectivity index is 1.53. The topological polar surface area (TPSA) is 111 Å². The first-order valence-electron chi connectivity index (χ1n) is 11.7. The predicted molar refractivity (Wildman–Crippen MR) is 142 cm³/mol. The number of amides is 2. The van der Waals surface area contributed by atoms with E-state index in [4.69, 9.17) is 11.6 Å². The lowest BCUT2D eigenvalue weighted by molar-refractivity contribution is -0.105. The standard InChI is InChI=1S/C28H32ClN3O4/c1-28(2,32-17-26(35)21-8-11-25(34)24(15-21)31-18-33)16-20-4-3-5-22(14-20)27(36)30-13-12-19-6-9-23(29)10-7-19/h3-11,14-15,18,26,32,34-35H,12-13,16-17H2,1-2H3,(H,30,36)(H,31,33)/t26-/m1/s1. The average Bonchev–Trinajstić information content (AvgIpc) is 2.85. The van der Waals surface area contributed by atoms with E-state index >= 15 is 0 Å². The number of anilines is 1. The van der Waals surface area contributed by atoms with Crippen molar-refractivity contribution in [3.05, 3.63) is 94.0 Å². The minimum Gasteiger partial charge on any atom is -0.506 e. The number of carbonyl (C=O) groups is 2. The number of phenols is 1. The van der Waals surface area contributed by atoms with Gasteiger partial charge in [-0.1, -0.05) is 41.9 Å². The van der Waals surface area contributed by atoms with Crippen LogP contribution in [0.4, 0.5) is 5.69 Å². The fourth-order valence-electron chi connectivity index (χ4n) is 3.90. The van der Waals surface area contributed by atoms with Crippen LogP contribution in [-0.4, -0.2) is 41.2 Å². The SMILES string of the molecule is CC(C)(Cc1cccc(C(=O)NCCc2ccc(Cl)cc2)c1)NC[C@@H](O)c1ccc(O)c(NC=O)c1. The third kappa shape index (κ3) is 8.09. The minimum atomic E-state index is -0.838. The second-order valence-corrected chi connectivity index (χ2v) is 9.77. The van der Waals surface area contributed by atoms with Gasteiger partial charge in [0.25, 0.3) is 5.91 Å². The molecule has 0 aromatic heterocycles. The lowest BCUT2D eigenvalue weighted by Crippen LogP contribution is -2.43. The molecule has 0 aliphatic carbocycles. The van der Waals surface area contributed by atoms with Crippen LogP contribution in [0, 0.1) is 0 Å². The lowest BCUT2D eigenvalue weighted by atomic mass is 9.93. The van der Waals surface area contributed by atoms with E-state index in [9.17, 15) is 19.8 Å². The molecule has 0 bridgehead atoms. The van der Waals surface area contributed by atoms with Gasteiger partial charge in [-0.05, 0) is 79.8 Å². The van der Waals surface area contributed by atoms with Crippen molar-refractivity contribution in [2.45, 2.75) is 38.3 Å². The van der Waals surface area contributed by atoms with Gasteiger partial charge < -0.3 is 26.2 Å². The van der Waals surface area contributed by atoms with E-state index in [0.29, 0.717) is 35.5 Å². The quantitative estimate of drug-likeness (QED) is 0.185. The molecule has 36 heavy (non-hydrogen) atoms. The number of phenolic OH excluding ortho intramolecular Hbond substituents is 1. The molecule has 0 spiro atoms. The number of carbonyl (C=O) groups excluding carboxylic acids is 2. The van der Waals surface area contributed by atoms with Gasteiger partial charge in [-0.25, -0.2) is 0 Å². The average molecular weight is 510 g/mol. The van der Waals surface area contributed by atoms with Gasteiger partial charge in [0.2, 0.25) is 6.41 Å². The summed E-state index contributed by atoms with van der Waals surface area (Å²) in [6.45, 7) is 4.84. The molecule has 3 aromatic rings. The van der Waals surface area contributed by atoms with Crippen molar-refractivity contribution in [3.8, 4) is 5.75 Å². The van der Waals surface area contributed by atoms with E-state index in [-0.39, 0.29) is 29.4 Å². The molecule has 1 atom stereocenters. The van der Waals surface area contributed by atoms with Crippen molar-refractivity contribution in [1.82, 2.24) is 10.6 Å². The number of halogens is 1. The first-order valence-corrected chi connectivity index (χ1v) is 12.1. The van der Waals surface area contributed by atoms with Crippen molar-refractivity contribution in [2.24, 2.45) is 0 Å². The Morgan fingerprint density at radius 2 is 1.81 bits per heavy atom. The Kier molecular flexibility index (Phi) is 9.47. The fraction of sp³-hybridized carbons (Fsp3) is 0.286. The number of rotatable bonds is 12. The third-order valence-corrected chi connectivity index (χ3v) is 6.09. The molecule has 2 amide bonds. The van der Waals surface area contributed by atoms with Crippen LogP contribution in [0.2, 0.25) is 5.02 Å². The van der Waals surface area contributed by atoms with Crippen LogP contribution in [-0.2, 0) is 17.6 Å². The highest BCUT2D eigenvalue weighted by molar-refractivity contribution is 6.30. The van der Waals surface area contributed by atoms with Crippen molar-refractivity contribution >= 4 is 29.6 Å². The lowest BCUT2D eigenvalue weighted by Gasteiger charge is -2.28. The summed E-state index contributed by atoms with van der Waals surface area (Å²) in [7, 11) is 0. The van der Waals surface area contributed by atoms with Crippen LogP contribution >= 0.6 is 11.6 Å². The normalized spacial score (nSPS) is 12.1. The zero-order valence-electron chi connectivity index (χ0n) is 20.4. The van der Waals surface area contributed by atoms with Gasteiger partial charge in [0.1, 0.15) is 5.75 Å². The highest BCUT2D eigenvalue weighted by Gasteiger charge is 2.21. The summed E-state index contributed by atoms with van der Waals surface area (Å²) >= 11 is 5.91. The molecule has 0 saturated carbocycles. The number of β-amino-alcohol motifs (C(OH)–C–C–N with tert-alkyl or cyclic N) is 1. The molecule has 0 fully saturated rings. The molecule has 3 aromatic carbocycles. The Morgan fingerprint density at radius 3 is 2.53 bits per heavy atom. The first-order chi connectivity index (χ1) is 17.2. The number of aliphatic hydroxyl groups excluding tert-OH is 1. The van der Waals surface area contributed by atoms with E-state index in [1.165, 1.54) is 12.1 Å². The number of nitrogens with one attached hydrogen (secondary N) is 3. The second-order valence-electron chi connectivity index (χ2n) is 9.33. The van der Waals surface area contributed by atoms with Crippen LogP contribution in [0.15, 0.2) is 66.7 Å². The van der Waals surface area contributed by atoms with Gasteiger partial charge in [0.05, 0.1) is 11.8 Å². The van der Waals surface area contributed by atoms with Crippen LogP contribution in [0.5, 0.6) is 5.75 Å². The maximum absolute atomic E-state index is 12.7. The van der Waals surface area contributed by atoms with Crippen LogP contribution in [0.25, 0.3) is 0 Å². The van der Waals surface area contributed by atoms with E-state index in [1.54, 1.807) is 12.1 Å². The Labute approximate surface area is 216 Å². The maximum atomic E-state index is 12.7. The van der Waals surface area contributed by atoms with Crippen molar-refractivity contribution in [3.63, 3.8) is 0 Å². The summed E-state index contributed by atoms with van der Waals surface area (Å²) in [5.74, 6) is -0.195. The molecular formula is C28H32ClN3O4. The van der Waals surface area contributed by atoms with E-state index in [1.807, 2.05) is 56.3 Å². The van der Waals surface area contributed by atoms with Crippen molar-refractivity contribution < 1.29 is 19.8 Å². The first kappa shape index (κ1) is 27.2. The number of aromatic hydroxyl groups is 1. The molecule has 0 aliphatic heterocycles. The summed E-state index contributed by atoms with van der Waals surface area (Å²) in [6, 6.07) is 19.7. The van der Waals surface area contributed by atoms with Crippen molar-refractivity contribution in [1.29, 1.82) is 0 Å². The zero-order chi connectivity index (χ0) is 26.1. The molecule has 5 N–H and O–H groups in total. The fourth-order valence-corrected chi connectivity index (χ4v) is 4.03. The molecule has 190 valence electrons. The maximum Gasteiger partial charge on any atom is 0.251 e. The van der Waals surface area contributed by atoms with Gasteiger partial charge in [-0.3, -0.25) is 9.59 Å². The summed E-state index contributed by atoms with van der Waals surface area (Å²) in [6.07, 6.45) is 0.991. The molecule has 7 nitrogen and oxygen atoms in total. The summed E-state index contributed by atoms with van der Waals surface area (Å²) in [5.41, 5.74) is 3.13. The van der Waals surface area contributed by atoms with E-state index < -0.39 is 6.10 Å². The van der Waals surface area contributed by atoms with E-state index in [2.05, 4.69) is 16.0 Å². The predicted octanol–water partition coefficient (Wildman–Crippen LogP) is 4.23. The van der Waals surface area contributed by atoms with Gasteiger partial charge in [0, 0.05) is 29.2 Å². The highest BCUT2D eigenvalue weighted by atomic mass is 35.5.